The van der Waals surface area contributed by atoms with Gasteiger partial charge in [-0.2, -0.15) is 0 Å². The summed E-state index contributed by atoms with van der Waals surface area (Å²) in [6, 6.07) is 18.2. The van der Waals surface area contributed by atoms with Crippen molar-refractivity contribution in [3.63, 3.8) is 0 Å². The van der Waals surface area contributed by atoms with Gasteiger partial charge in [-0.25, -0.2) is 0 Å². The van der Waals surface area contributed by atoms with Gasteiger partial charge < -0.3 is 0 Å². The monoisotopic (exact) mass is 297 g/mol. The van der Waals surface area contributed by atoms with E-state index in [4.69, 9.17) is 11.6 Å². The van der Waals surface area contributed by atoms with E-state index in [1.54, 1.807) is 0 Å². The summed E-state index contributed by atoms with van der Waals surface area (Å²) >= 11 is 5.99. The fourth-order valence-electron chi connectivity index (χ4n) is 2.29. The minimum Gasteiger partial charge on any atom is -0.287 e. The van der Waals surface area contributed by atoms with Crippen molar-refractivity contribution in [1.29, 1.82) is 0 Å². The van der Waals surface area contributed by atoms with Crippen molar-refractivity contribution in [2.45, 2.75) is 19.9 Å². The summed E-state index contributed by atoms with van der Waals surface area (Å²) < 4.78 is 0. The smallest absolute Gasteiger partial charge is 0.0974 e. The number of hydrogen-bond donors (Lipinski definition) is 0. The maximum atomic E-state index is 5.99. The van der Waals surface area contributed by atoms with Gasteiger partial charge in [0.1, 0.15) is 0 Å². The van der Waals surface area contributed by atoms with Crippen molar-refractivity contribution < 1.29 is 0 Å². The maximum Gasteiger partial charge on any atom is 0.0974 e. The maximum absolute atomic E-state index is 5.99. The second kappa shape index (κ2) is 7.88. The normalized spacial score (nSPS) is 11.8. The molecule has 1 unspecified atom stereocenters. The second-order valence-electron chi connectivity index (χ2n) is 4.81. The van der Waals surface area contributed by atoms with E-state index in [1.807, 2.05) is 42.5 Å². The Bertz CT molecular complexity index is 604. The highest BCUT2D eigenvalue weighted by molar-refractivity contribution is 6.30. The van der Waals surface area contributed by atoms with Gasteiger partial charge in [-0.3, -0.25) is 4.90 Å². The summed E-state index contributed by atoms with van der Waals surface area (Å²) in [7, 11) is 0. The lowest BCUT2D eigenvalue weighted by molar-refractivity contribution is 0.264. The molecule has 2 rings (SSSR count). The third kappa shape index (κ3) is 4.36. The average molecular weight is 298 g/mol. The molecule has 0 N–H and O–H groups in total. The van der Waals surface area contributed by atoms with Crippen molar-refractivity contribution in [2.75, 3.05) is 13.1 Å². The number of nitrogens with zero attached hydrogens (tertiary/aromatic N) is 1. The summed E-state index contributed by atoms with van der Waals surface area (Å²) in [6.45, 7) is 6.26. The fraction of sp³-hybridized carbons (Fsp3) is 0.263. The summed E-state index contributed by atoms with van der Waals surface area (Å²) in [5.74, 6) is 6.69. The Morgan fingerprint density at radius 2 is 1.57 bits per heavy atom. The molecule has 0 aliphatic rings. The van der Waals surface area contributed by atoms with Crippen LogP contribution in [0.1, 0.15) is 31.0 Å². The van der Waals surface area contributed by atoms with Crippen LogP contribution in [0.2, 0.25) is 5.02 Å². The first-order valence-electron chi connectivity index (χ1n) is 7.30. The topological polar surface area (TPSA) is 3.24 Å². The average Bonchev–Trinajstić information content (AvgIpc) is 2.53. The quantitative estimate of drug-likeness (QED) is 0.735. The molecule has 0 bridgehead atoms. The summed E-state index contributed by atoms with van der Waals surface area (Å²) in [5.41, 5.74) is 2.23. The molecular weight excluding hydrogens is 278 g/mol. The van der Waals surface area contributed by atoms with Crippen LogP contribution < -0.4 is 0 Å². The lowest BCUT2D eigenvalue weighted by Gasteiger charge is -2.25. The van der Waals surface area contributed by atoms with Gasteiger partial charge in [-0.05, 0) is 42.9 Å². The lowest BCUT2D eigenvalue weighted by Crippen LogP contribution is -2.27. The van der Waals surface area contributed by atoms with Crippen LogP contribution >= 0.6 is 11.6 Å². The molecule has 2 aromatic carbocycles. The Balaban J connectivity index is 2.33. The molecule has 21 heavy (non-hydrogen) atoms. The molecule has 1 nitrogen and oxygen atoms in total. The highest BCUT2D eigenvalue weighted by Gasteiger charge is 2.15. The van der Waals surface area contributed by atoms with E-state index in [0.717, 1.165) is 23.7 Å². The van der Waals surface area contributed by atoms with E-state index >= 15 is 0 Å². The molecule has 0 aromatic heterocycles. The molecule has 0 amide bonds. The first kappa shape index (κ1) is 15.6. The van der Waals surface area contributed by atoms with Gasteiger partial charge in [0, 0.05) is 10.6 Å². The van der Waals surface area contributed by atoms with Gasteiger partial charge in [0.2, 0.25) is 0 Å². The number of hydrogen-bond acceptors (Lipinski definition) is 1. The standard InChI is InChI=1S/C19H20ClN/c1-3-21(4-2)19(17-11-13-18(20)14-12-17)15-10-16-8-6-5-7-9-16/h5-9,11-14,19H,3-4H2,1-2H3. The van der Waals surface area contributed by atoms with Crippen LogP contribution in [0.3, 0.4) is 0 Å². The zero-order chi connectivity index (χ0) is 15.1. The van der Waals surface area contributed by atoms with E-state index in [2.05, 4.69) is 42.7 Å². The summed E-state index contributed by atoms with van der Waals surface area (Å²) in [6.07, 6.45) is 0. The van der Waals surface area contributed by atoms with Gasteiger partial charge in [0.05, 0.1) is 6.04 Å². The van der Waals surface area contributed by atoms with Gasteiger partial charge in [-0.1, -0.05) is 67.6 Å². The van der Waals surface area contributed by atoms with Gasteiger partial charge >= 0.3 is 0 Å². The largest absolute Gasteiger partial charge is 0.287 e. The van der Waals surface area contributed by atoms with E-state index in [0.29, 0.717) is 0 Å². The lowest BCUT2D eigenvalue weighted by atomic mass is 10.0. The third-order valence-electron chi connectivity index (χ3n) is 3.49. The SMILES string of the molecule is CCN(CC)C(C#Cc1ccccc1)c1ccc(Cl)cc1. The molecule has 2 heteroatoms. The first-order valence-corrected chi connectivity index (χ1v) is 7.68. The molecule has 0 saturated heterocycles. The Morgan fingerprint density at radius 3 is 2.14 bits per heavy atom. The van der Waals surface area contributed by atoms with Gasteiger partial charge in [0.15, 0.2) is 0 Å². The van der Waals surface area contributed by atoms with Crippen LogP contribution in [0.4, 0.5) is 0 Å². The number of halogens is 1. The van der Waals surface area contributed by atoms with Crippen molar-refractivity contribution in [3.8, 4) is 11.8 Å². The Hall–Kier alpha value is -1.75. The summed E-state index contributed by atoms with van der Waals surface area (Å²) in [5, 5.41) is 0.757. The van der Waals surface area contributed by atoms with Crippen LogP contribution in [-0.2, 0) is 0 Å². The van der Waals surface area contributed by atoms with Gasteiger partial charge in [-0.15, -0.1) is 0 Å². The van der Waals surface area contributed by atoms with Crippen molar-refractivity contribution in [1.82, 2.24) is 4.90 Å². The zero-order valence-corrected chi connectivity index (χ0v) is 13.3. The molecule has 2 aromatic rings. The molecule has 0 saturated carbocycles. The second-order valence-corrected chi connectivity index (χ2v) is 5.25. The van der Waals surface area contributed by atoms with Crippen molar-refractivity contribution >= 4 is 11.6 Å². The van der Waals surface area contributed by atoms with Crippen LogP contribution in [0.25, 0.3) is 0 Å². The predicted octanol–water partition coefficient (Wildman–Crippen LogP) is 4.77. The van der Waals surface area contributed by atoms with E-state index in [-0.39, 0.29) is 6.04 Å². The minimum absolute atomic E-state index is 0.0949. The molecule has 0 fully saturated rings. The third-order valence-corrected chi connectivity index (χ3v) is 3.74. The highest BCUT2D eigenvalue weighted by Crippen LogP contribution is 2.21. The molecule has 0 aliphatic heterocycles. The van der Waals surface area contributed by atoms with E-state index < -0.39 is 0 Å². The Kier molecular flexibility index (Phi) is 5.87. The predicted molar refractivity (Wildman–Crippen MR) is 90.4 cm³/mol. The number of benzene rings is 2. The van der Waals surface area contributed by atoms with Crippen molar-refractivity contribution in [2.24, 2.45) is 0 Å². The van der Waals surface area contributed by atoms with E-state index in [9.17, 15) is 0 Å². The zero-order valence-electron chi connectivity index (χ0n) is 12.5. The minimum atomic E-state index is 0.0949. The molecule has 0 radical (unpaired) electrons. The highest BCUT2D eigenvalue weighted by atomic mass is 35.5. The van der Waals surface area contributed by atoms with Crippen molar-refractivity contribution in [3.05, 3.63) is 70.7 Å². The molecule has 0 aliphatic carbocycles. The van der Waals surface area contributed by atoms with Crippen LogP contribution in [0.15, 0.2) is 54.6 Å². The van der Waals surface area contributed by atoms with Crippen LogP contribution in [0, 0.1) is 11.8 Å². The fourth-order valence-corrected chi connectivity index (χ4v) is 2.42. The molecular formula is C19H20ClN. The van der Waals surface area contributed by atoms with Crippen LogP contribution in [0.5, 0.6) is 0 Å². The number of rotatable bonds is 4. The molecule has 0 heterocycles. The van der Waals surface area contributed by atoms with E-state index in [1.165, 1.54) is 5.56 Å². The van der Waals surface area contributed by atoms with Crippen LogP contribution in [-0.4, -0.2) is 18.0 Å². The Labute approximate surface area is 132 Å². The molecule has 108 valence electrons. The molecule has 0 spiro atoms. The van der Waals surface area contributed by atoms with Gasteiger partial charge in [0.25, 0.3) is 0 Å². The first-order chi connectivity index (χ1) is 10.2. The molecule has 1 atom stereocenters. The summed E-state index contributed by atoms with van der Waals surface area (Å²) in [4.78, 5) is 2.35. The Morgan fingerprint density at radius 1 is 0.952 bits per heavy atom.